The summed E-state index contributed by atoms with van der Waals surface area (Å²) in [6.45, 7) is 2.67. The van der Waals surface area contributed by atoms with Gasteiger partial charge in [-0.2, -0.15) is 5.26 Å². The molecular formula is C15H17NO3. The Kier molecular flexibility index (Phi) is 4.53. The van der Waals surface area contributed by atoms with Crippen molar-refractivity contribution in [2.24, 2.45) is 5.92 Å². The third-order valence-corrected chi connectivity index (χ3v) is 3.36. The molecule has 1 fully saturated rings. The minimum Gasteiger partial charge on any atom is -0.426 e. The van der Waals surface area contributed by atoms with Crippen LogP contribution in [0.2, 0.25) is 0 Å². The summed E-state index contributed by atoms with van der Waals surface area (Å²) in [7, 11) is 0. The lowest BCUT2D eigenvalue weighted by Gasteiger charge is -2.27. The van der Waals surface area contributed by atoms with Crippen molar-refractivity contribution in [3.8, 4) is 11.8 Å². The third kappa shape index (κ3) is 3.55. The van der Waals surface area contributed by atoms with Crippen LogP contribution in [0.15, 0.2) is 24.3 Å². The Morgan fingerprint density at radius 3 is 2.84 bits per heavy atom. The molecule has 1 aliphatic rings. The average Bonchev–Trinajstić information content (AvgIpc) is 2.48. The summed E-state index contributed by atoms with van der Waals surface area (Å²) in [4.78, 5) is 12.0. The highest BCUT2D eigenvalue weighted by Gasteiger charge is 2.28. The Balaban J connectivity index is 1.94. The molecule has 1 heterocycles. The smallest absolute Gasteiger partial charge is 0.314 e. The van der Waals surface area contributed by atoms with E-state index in [1.54, 1.807) is 24.3 Å². The van der Waals surface area contributed by atoms with Gasteiger partial charge in [-0.15, -0.1) is 0 Å². The highest BCUT2D eigenvalue weighted by molar-refractivity contribution is 5.75. The monoisotopic (exact) mass is 259 g/mol. The van der Waals surface area contributed by atoms with Gasteiger partial charge in [0.15, 0.2) is 0 Å². The van der Waals surface area contributed by atoms with Gasteiger partial charge in [0, 0.05) is 6.61 Å². The second-order valence-corrected chi connectivity index (χ2v) is 4.68. The summed E-state index contributed by atoms with van der Waals surface area (Å²) in [5.74, 6) is 0.198. The van der Waals surface area contributed by atoms with Crippen molar-refractivity contribution in [2.75, 3.05) is 6.61 Å². The molecule has 0 radical (unpaired) electrons. The predicted molar refractivity (Wildman–Crippen MR) is 69.5 cm³/mol. The van der Waals surface area contributed by atoms with Gasteiger partial charge in [0.25, 0.3) is 0 Å². The van der Waals surface area contributed by atoms with Crippen molar-refractivity contribution in [1.29, 1.82) is 5.26 Å². The fourth-order valence-electron chi connectivity index (χ4n) is 2.18. The van der Waals surface area contributed by atoms with Crippen LogP contribution in [0.4, 0.5) is 0 Å². The van der Waals surface area contributed by atoms with E-state index in [2.05, 4.69) is 6.92 Å². The summed E-state index contributed by atoms with van der Waals surface area (Å²) in [6.07, 6.45) is 2.52. The molecule has 4 nitrogen and oxygen atoms in total. The molecule has 2 atom stereocenters. The molecule has 19 heavy (non-hydrogen) atoms. The van der Waals surface area contributed by atoms with E-state index in [1.807, 2.05) is 6.07 Å². The Labute approximate surface area is 112 Å². The van der Waals surface area contributed by atoms with E-state index in [-0.39, 0.29) is 18.0 Å². The Bertz CT molecular complexity index is 475. The number of nitrogens with zero attached hydrogens (tertiary/aromatic N) is 1. The van der Waals surface area contributed by atoms with E-state index in [0.29, 0.717) is 24.3 Å². The largest absolute Gasteiger partial charge is 0.426 e. The summed E-state index contributed by atoms with van der Waals surface area (Å²) >= 11 is 0. The number of ether oxygens (including phenoxy) is 2. The van der Waals surface area contributed by atoms with E-state index >= 15 is 0 Å². The van der Waals surface area contributed by atoms with Crippen LogP contribution in [0, 0.1) is 17.2 Å². The number of carbonyl (C=O) groups is 1. The second kappa shape index (κ2) is 6.35. The molecule has 100 valence electrons. The lowest BCUT2D eigenvalue weighted by Crippen LogP contribution is -2.32. The summed E-state index contributed by atoms with van der Waals surface area (Å²) < 4.78 is 10.9. The summed E-state index contributed by atoms with van der Waals surface area (Å²) in [6, 6.07) is 8.60. The second-order valence-electron chi connectivity index (χ2n) is 4.68. The van der Waals surface area contributed by atoms with Crippen molar-refractivity contribution in [2.45, 2.75) is 32.3 Å². The van der Waals surface area contributed by atoms with Crippen LogP contribution >= 0.6 is 0 Å². The molecule has 2 unspecified atom stereocenters. The van der Waals surface area contributed by atoms with Crippen LogP contribution in [0.3, 0.4) is 0 Å². The molecule has 0 aliphatic carbocycles. The van der Waals surface area contributed by atoms with Gasteiger partial charge >= 0.3 is 5.97 Å². The van der Waals surface area contributed by atoms with Crippen molar-refractivity contribution >= 4 is 5.97 Å². The first kappa shape index (κ1) is 13.6. The first-order chi connectivity index (χ1) is 9.22. The zero-order valence-electron chi connectivity index (χ0n) is 11.0. The summed E-state index contributed by atoms with van der Waals surface area (Å²) in [5.41, 5.74) is 0.553. The van der Waals surface area contributed by atoms with Crippen LogP contribution in [-0.4, -0.2) is 18.7 Å². The lowest BCUT2D eigenvalue weighted by molar-refractivity contribution is -0.144. The SMILES string of the molecule is CCC1CC(C(=O)Oc2ccc(C#N)cc2)CCO1. The predicted octanol–water partition coefficient (Wildman–Crippen LogP) is 2.67. The molecule has 0 aromatic heterocycles. The van der Waals surface area contributed by atoms with Crippen LogP contribution in [0.5, 0.6) is 5.75 Å². The number of carbonyl (C=O) groups excluding carboxylic acids is 1. The molecule has 0 N–H and O–H groups in total. The number of hydrogen-bond donors (Lipinski definition) is 0. The quantitative estimate of drug-likeness (QED) is 0.618. The van der Waals surface area contributed by atoms with Crippen LogP contribution in [0.25, 0.3) is 0 Å². The van der Waals surface area contributed by atoms with E-state index in [1.165, 1.54) is 0 Å². The number of hydrogen-bond acceptors (Lipinski definition) is 4. The van der Waals surface area contributed by atoms with Crippen molar-refractivity contribution in [3.05, 3.63) is 29.8 Å². The van der Waals surface area contributed by atoms with Crippen molar-refractivity contribution in [1.82, 2.24) is 0 Å². The van der Waals surface area contributed by atoms with Gasteiger partial charge in [0.05, 0.1) is 23.7 Å². The molecular weight excluding hydrogens is 242 g/mol. The first-order valence-corrected chi connectivity index (χ1v) is 6.56. The highest BCUT2D eigenvalue weighted by atomic mass is 16.5. The zero-order valence-corrected chi connectivity index (χ0v) is 11.0. The van der Waals surface area contributed by atoms with E-state index < -0.39 is 0 Å². The fourth-order valence-corrected chi connectivity index (χ4v) is 2.18. The number of nitriles is 1. The number of benzene rings is 1. The molecule has 1 aromatic carbocycles. The van der Waals surface area contributed by atoms with Crippen LogP contribution in [0.1, 0.15) is 31.7 Å². The summed E-state index contributed by atoms with van der Waals surface area (Å²) in [5, 5.41) is 8.70. The number of rotatable bonds is 3. The maximum absolute atomic E-state index is 12.0. The van der Waals surface area contributed by atoms with Gasteiger partial charge in [-0.3, -0.25) is 4.79 Å². The molecule has 0 saturated carbocycles. The number of esters is 1. The van der Waals surface area contributed by atoms with E-state index in [0.717, 1.165) is 12.8 Å². The van der Waals surface area contributed by atoms with Crippen molar-refractivity contribution < 1.29 is 14.3 Å². The minimum atomic E-state index is -0.202. The molecule has 0 amide bonds. The lowest BCUT2D eigenvalue weighted by atomic mass is 9.94. The van der Waals surface area contributed by atoms with Crippen molar-refractivity contribution in [3.63, 3.8) is 0 Å². The first-order valence-electron chi connectivity index (χ1n) is 6.56. The normalized spacial score (nSPS) is 22.5. The fraction of sp³-hybridized carbons (Fsp3) is 0.467. The minimum absolute atomic E-state index is 0.0886. The Hall–Kier alpha value is -1.86. The van der Waals surface area contributed by atoms with Gasteiger partial charge in [-0.05, 0) is 43.5 Å². The molecule has 1 aliphatic heterocycles. The molecule has 0 spiro atoms. The van der Waals surface area contributed by atoms with E-state index in [4.69, 9.17) is 14.7 Å². The molecule has 1 aromatic rings. The maximum Gasteiger partial charge on any atom is 0.314 e. The Morgan fingerprint density at radius 2 is 2.21 bits per heavy atom. The van der Waals surface area contributed by atoms with Gasteiger partial charge < -0.3 is 9.47 Å². The van der Waals surface area contributed by atoms with Gasteiger partial charge in [0.2, 0.25) is 0 Å². The van der Waals surface area contributed by atoms with Crippen LogP contribution < -0.4 is 4.74 Å². The van der Waals surface area contributed by atoms with Gasteiger partial charge in [-0.25, -0.2) is 0 Å². The standard InChI is InChI=1S/C15H17NO3/c1-2-13-9-12(7-8-18-13)15(17)19-14-5-3-11(10-16)4-6-14/h3-6,12-13H,2,7-9H2,1H3. The average molecular weight is 259 g/mol. The topological polar surface area (TPSA) is 59.3 Å². The van der Waals surface area contributed by atoms with Gasteiger partial charge in [-0.1, -0.05) is 6.92 Å². The molecule has 4 heteroatoms. The maximum atomic E-state index is 12.0. The van der Waals surface area contributed by atoms with E-state index in [9.17, 15) is 4.79 Å². The molecule has 1 saturated heterocycles. The highest BCUT2D eigenvalue weighted by Crippen LogP contribution is 2.24. The van der Waals surface area contributed by atoms with Crippen LogP contribution in [-0.2, 0) is 9.53 Å². The Morgan fingerprint density at radius 1 is 1.47 bits per heavy atom. The molecule has 2 rings (SSSR count). The molecule has 0 bridgehead atoms. The van der Waals surface area contributed by atoms with Gasteiger partial charge in [0.1, 0.15) is 5.75 Å². The zero-order chi connectivity index (χ0) is 13.7. The third-order valence-electron chi connectivity index (χ3n) is 3.36.